The van der Waals surface area contributed by atoms with Crippen LogP contribution < -0.4 is 9.47 Å². The second-order valence-electron chi connectivity index (χ2n) is 13.7. The Hall–Kier alpha value is -5.16. The number of phenolic OH excluding ortho intramolecular Hbond substituents is 2. The quantitative estimate of drug-likeness (QED) is 0.146. The Bertz CT molecular complexity index is 2030. The molecule has 0 radical (unpaired) electrons. The minimum Gasteiger partial charge on any atom is -0.504 e. The topological polar surface area (TPSA) is 118 Å². The number of fused-ring (bicyclic) bond motifs is 6. The molecule has 2 bridgehead atoms. The number of carbonyl (C=O) groups excluding carboxylic acids is 2. The SMILES string of the molecule is COc1cc(CC[C@@H]2CC(=O)C[C@@H]3c4cc(OC)c(O)cc4C(=C[C@H]4CCCC[C@@H]34)c3[nH]c4ccccc4c3CC#CCC(=O)O2)ccc1O. The van der Waals surface area contributed by atoms with Gasteiger partial charge in [0.15, 0.2) is 23.0 Å². The Balaban J connectivity index is 1.33. The van der Waals surface area contributed by atoms with Gasteiger partial charge in [0.1, 0.15) is 18.3 Å². The average Bonchev–Trinajstić information content (AvgIpc) is 3.42. The fourth-order valence-corrected chi connectivity index (χ4v) is 8.31. The first-order chi connectivity index (χ1) is 24.3. The molecular formula is C42H43NO7. The number of aromatic amines is 1. The summed E-state index contributed by atoms with van der Waals surface area (Å²) in [4.78, 5) is 31.0. The molecule has 0 unspecified atom stereocenters. The van der Waals surface area contributed by atoms with Crippen molar-refractivity contribution in [3.8, 4) is 34.8 Å². The summed E-state index contributed by atoms with van der Waals surface area (Å²) in [6.07, 6.45) is 7.59. The lowest BCUT2D eigenvalue weighted by atomic mass is 9.69. The molecule has 1 aromatic heterocycles. The molecule has 1 aliphatic heterocycles. The molecule has 4 atom stereocenters. The summed E-state index contributed by atoms with van der Waals surface area (Å²) in [5.41, 5.74) is 6.76. The molecule has 50 heavy (non-hydrogen) atoms. The van der Waals surface area contributed by atoms with Crippen LogP contribution in [0.1, 0.15) is 85.2 Å². The van der Waals surface area contributed by atoms with Gasteiger partial charge in [0.25, 0.3) is 0 Å². The van der Waals surface area contributed by atoms with Gasteiger partial charge in [-0.15, -0.1) is 0 Å². The minimum absolute atomic E-state index is 0.0198. The molecule has 2 heterocycles. The van der Waals surface area contributed by atoms with Gasteiger partial charge in [-0.3, -0.25) is 9.59 Å². The fraction of sp³-hybridized carbons (Fsp3) is 0.381. The summed E-state index contributed by atoms with van der Waals surface area (Å²) in [5.74, 6) is 7.02. The molecule has 7 rings (SSSR count). The molecule has 2 aliphatic carbocycles. The zero-order valence-electron chi connectivity index (χ0n) is 28.6. The lowest BCUT2D eigenvalue weighted by Gasteiger charge is -2.35. The molecule has 0 spiro atoms. The molecule has 258 valence electrons. The van der Waals surface area contributed by atoms with Crippen LogP contribution in [-0.2, 0) is 27.2 Å². The monoisotopic (exact) mass is 673 g/mol. The number of aryl methyl sites for hydroxylation is 1. The summed E-state index contributed by atoms with van der Waals surface area (Å²) < 4.78 is 16.9. The van der Waals surface area contributed by atoms with E-state index in [9.17, 15) is 19.8 Å². The third kappa shape index (κ3) is 6.69. The van der Waals surface area contributed by atoms with Crippen LogP contribution in [0, 0.1) is 23.7 Å². The molecule has 8 nitrogen and oxygen atoms in total. The van der Waals surface area contributed by atoms with Crippen molar-refractivity contribution in [2.45, 2.75) is 76.2 Å². The van der Waals surface area contributed by atoms with Crippen LogP contribution in [0.2, 0.25) is 0 Å². The number of benzene rings is 3. The number of ether oxygens (including phenoxy) is 3. The number of aromatic hydroxyl groups is 2. The van der Waals surface area contributed by atoms with E-state index in [4.69, 9.17) is 14.2 Å². The van der Waals surface area contributed by atoms with E-state index in [1.807, 2.05) is 18.2 Å². The van der Waals surface area contributed by atoms with Crippen molar-refractivity contribution in [1.82, 2.24) is 4.98 Å². The standard InChI is InChI=1S/C42H43NO7/c1-48-39-19-25(16-18-37(39)45)15-17-28-21-27(44)22-32-29-10-4-3-9-26(29)20-35(33-23-38(46)40(49-2)24-34(32)33)42-31(12-6-8-14-41(47)50-28)30-11-5-7-13-36(30)43-42/h5,7,11,13,16,18-20,23-24,26,28-29,32,43,45-46H,3-4,9-10,12,14-15,17,21-22H2,1-2H3/t26-,28-,29-,32+/m1/s1. The van der Waals surface area contributed by atoms with Gasteiger partial charge in [0.2, 0.25) is 0 Å². The minimum atomic E-state index is -0.639. The van der Waals surface area contributed by atoms with E-state index in [2.05, 4.69) is 35.0 Å². The molecule has 1 fully saturated rings. The number of aromatic nitrogens is 1. The van der Waals surface area contributed by atoms with E-state index < -0.39 is 12.1 Å². The Labute approximate surface area is 292 Å². The molecule has 8 heteroatoms. The van der Waals surface area contributed by atoms with Gasteiger partial charge in [-0.25, -0.2) is 0 Å². The summed E-state index contributed by atoms with van der Waals surface area (Å²) in [6, 6.07) is 17.0. The molecular weight excluding hydrogens is 630 g/mol. The maximum atomic E-state index is 14.2. The maximum Gasteiger partial charge on any atom is 0.318 e. The van der Waals surface area contributed by atoms with Crippen molar-refractivity contribution in [2.24, 2.45) is 11.8 Å². The summed E-state index contributed by atoms with van der Waals surface area (Å²) in [6.45, 7) is 0. The number of rotatable bonds is 5. The second kappa shape index (κ2) is 14.4. The van der Waals surface area contributed by atoms with E-state index >= 15 is 0 Å². The smallest absolute Gasteiger partial charge is 0.318 e. The van der Waals surface area contributed by atoms with Crippen LogP contribution >= 0.6 is 0 Å². The highest BCUT2D eigenvalue weighted by Crippen LogP contribution is 2.51. The number of cyclic esters (lactones) is 1. The number of H-pyrrole nitrogens is 1. The van der Waals surface area contributed by atoms with E-state index in [0.717, 1.165) is 70.1 Å². The zero-order valence-corrected chi connectivity index (χ0v) is 28.6. The van der Waals surface area contributed by atoms with Gasteiger partial charge < -0.3 is 29.4 Å². The van der Waals surface area contributed by atoms with Crippen LogP contribution in [0.4, 0.5) is 0 Å². The molecule has 3 aromatic carbocycles. The molecule has 1 saturated carbocycles. The molecule has 3 N–H and O–H groups in total. The number of hydrogen-bond acceptors (Lipinski definition) is 7. The average molecular weight is 674 g/mol. The van der Waals surface area contributed by atoms with E-state index in [1.165, 1.54) is 7.11 Å². The number of para-hydroxylation sites is 1. The predicted octanol–water partition coefficient (Wildman–Crippen LogP) is 7.78. The summed E-state index contributed by atoms with van der Waals surface area (Å²) in [7, 11) is 3.05. The number of carbonyl (C=O) groups is 2. The number of phenols is 2. The van der Waals surface area contributed by atoms with Crippen LogP contribution in [0.25, 0.3) is 16.5 Å². The van der Waals surface area contributed by atoms with E-state index in [1.54, 1.807) is 31.4 Å². The van der Waals surface area contributed by atoms with E-state index in [0.29, 0.717) is 30.8 Å². The number of allylic oxidation sites excluding steroid dienone is 1. The summed E-state index contributed by atoms with van der Waals surface area (Å²) >= 11 is 0. The molecule has 0 amide bonds. The third-order valence-electron chi connectivity index (χ3n) is 10.7. The van der Waals surface area contributed by atoms with Gasteiger partial charge >= 0.3 is 5.97 Å². The number of esters is 1. The fourth-order valence-electron chi connectivity index (χ4n) is 8.31. The van der Waals surface area contributed by atoms with Crippen LogP contribution in [0.5, 0.6) is 23.0 Å². The largest absolute Gasteiger partial charge is 0.504 e. The maximum absolute atomic E-state index is 14.2. The van der Waals surface area contributed by atoms with Crippen molar-refractivity contribution >= 4 is 28.2 Å². The number of ketones is 1. The second-order valence-corrected chi connectivity index (χ2v) is 13.7. The van der Waals surface area contributed by atoms with Crippen LogP contribution in [-0.4, -0.2) is 47.3 Å². The summed E-state index contributed by atoms with van der Waals surface area (Å²) in [5, 5.41) is 22.3. The van der Waals surface area contributed by atoms with Gasteiger partial charge in [0, 0.05) is 35.7 Å². The Kier molecular flexibility index (Phi) is 9.58. The zero-order chi connectivity index (χ0) is 34.8. The van der Waals surface area contributed by atoms with Gasteiger partial charge in [-0.1, -0.05) is 55.0 Å². The van der Waals surface area contributed by atoms with E-state index in [-0.39, 0.29) is 54.3 Å². The highest BCUT2D eigenvalue weighted by atomic mass is 16.5. The Morgan fingerprint density at radius 2 is 1.68 bits per heavy atom. The number of nitrogens with one attached hydrogen (secondary N) is 1. The number of hydrogen-bond donors (Lipinski definition) is 3. The lowest BCUT2D eigenvalue weighted by molar-refractivity contribution is -0.149. The van der Waals surface area contributed by atoms with Crippen molar-refractivity contribution in [3.63, 3.8) is 0 Å². The van der Waals surface area contributed by atoms with Crippen molar-refractivity contribution in [1.29, 1.82) is 0 Å². The van der Waals surface area contributed by atoms with Gasteiger partial charge in [-0.2, -0.15) is 0 Å². The van der Waals surface area contributed by atoms with Crippen molar-refractivity contribution < 1.29 is 34.0 Å². The first-order valence-electron chi connectivity index (χ1n) is 17.6. The highest BCUT2D eigenvalue weighted by Gasteiger charge is 2.39. The Morgan fingerprint density at radius 3 is 2.52 bits per heavy atom. The lowest BCUT2D eigenvalue weighted by Crippen LogP contribution is -2.28. The predicted molar refractivity (Wildman–Crippen MR) is 191 cm³/mol. The molecule has 0 saturated heterocycles. The van der Waals surface area contributed by atoms with Gasteiger partial charge in [0.05, 0.1) is 19.9 Å². The first kappa shape index (κ1) is 33.3. The number of Topliss-reactive ketones (excluding diaryl/α,β-unsaturated/α-hetero) is 1. The van der Waals surface area contributed by atoms with Crippen molar-refractivity contribution in [3.05, 3.63) is 88.6 Å². The molecule has 3 aliphatic rings. The first-order valence-corrected chi connectivity index (χ1v) is 17.6. The highest BCUT2D eigenvalue weighted by molar-refractivity contribution is 5.94. The van der Waals surface area contributed by atoms with Crippen molar-refractivity contribution in [2.75, 3.05) is 14.2 Å². The van der Waals surface area contributed by atoms with Crippen LogP contribution in [0.3, 0.4) is 0 Å². The molecule has 4 aromatic rings. The third-order valence-corrected chi connectivity index (χ3v) is 10.7. The normalized spacial score (nSPS) is 22.2. The Morgan fingerprint density at radius 1 is 0.900 bits per heavy atom. The van der Waals surface area contributed by atoms with Crippen LogP contribution in [0.15, 0.2) is 60.7 Å². The number of methoxy groups -OCH3 is 2. The van der Waals surface area contributed by atoms with Gasteiger partial charge in [-0.05, 0) is 96.0 Å².